The Bertz CT molecular complexity index is 2220. The van der Waals surface area contributed by atoms with Crippen molar-refractivity contribution in [2.45, 2.75) is 43.6 Å². The molecule has 5 aromatic rings. The SMILES string of the molecule is [N-]=[N+]=NCc1ccccc1C[C@@]1(C(=O)NC2c3ccccc3-c3ccccc32)N=C(c2ccc(OCCCO)cc2)O[C@@H]1c1ccccc1CN=[N+]=[N-]. The fourth-order valence-corrected chi connectivity index (χ4v) is 7.15. The van der Waals surface area contributed by atoms with Gasteiger partial charge in [0.15, 0.2) is 11.6 Å². The number of fused-ring (bicyclic) bond motifs is 3. The molecule has 0 saturated carbocycles. The van der Waals surface area contributed by atoms with Crippen LogP contribution < -0.4 is 10.1 Å². The molecule has 0 aromatic heterocycles. The zero-order valence-corrected chi connectivity index (χ0v) is 28.7. The number of aliphatic imine (C=N–C) groups is 1. The summed E-state index contributed by atoms with van der Waals surface area (Å²) in [7, 11) is 0. The quantitative estimate of drug-likeness (QED) is 0.0510. The third-order valence-electron chi connectivity index (χ3n) is 9.66. The van der Waals surface area contributed by atoms with Crippen LogP contribution in [-0.2, 0) is 29.0 Å². The van der Waals surface area contributed by atoms with Crippen LogP contribution in [0.5, 0.6) is 5.75 Å². The smallest absolute Gasteiger partial charge is 0.253 e. The Labute approximate surface area is 306 Å². The second kappa shape index (κ2) is 15.8. The number of amides is 1. The maximum absolute atomic E-state index is 15.5. The van der Waals surface area contributed by atoms with E-state index in [9.17, 15) is 16.2 Å². The largest absolute Gasteiger partial charge is 0.494 e. The number of azide groups is 2. The van der Waals surface area contributed by atoms with Crippen LogP contribution >= 0.6 is 0 Å². The topological polar surface area (TPSA) is 178 Å². The molecule has 264 valence electrons. The standard InChI is InChI=1S/C41H36N8O4/c42-48-44-25-29-11-2-1-10-28(29)24-41(40(51)46-37-35-16-7-5-14-33(35)34-15-6-8-17-36(34)37)38(32-13-4-3-12-30(32)26-45-49-43)53-39(47-41)27-18-20-31(21-19-27)52-23-9-22-50/h1-8,10-21,37-38,50H,9,22-26H2,(H,46,51)/t38-,41-/m1/s1. The van der Waals surface area contributed by atoms with Crippen molar-refractivity contribution in [2.75, 3.05) is 13.2 Å². The lowest BCUT2D eigenvalue weighted by atomic mass is 9.79. The van der Waals surface area contributed by atoms with Crippen molar-refractivity contribution >= 4 is 11.8 Å². The zero-order chi connectivity index (χ0) is 36.6. The highest BCUT2D eigenvalue weighted by atomic mass is 16.5. The Morgan fingerprint density at radius 2 is 1.34 bits per heavy atom. The van der Waals surface area contributed by atoms with Gasteiger partial charge in [0.2, 0.25) is 5.90 Å². The first-order valence-electron chi connectivity index (χ1n) is 17.3. The molecule has 7 rings (SSSR count). The van der Waals surface area contributed by atoms with Crippen LogP contribution in [0.2, 0.25) is 0 Å². The van der Waals surface area contributed by atoms with Crippen LogP contribution in [0.25, 0.3) is 32.0 Å². The summed E-state index contributed by atoms with van der Waals surface area (Å²) in [5, 5.41) is 20.3. The van der Waals surface area contributed by atoms with Gasteiger partial charge >= 0.3 is 0 Å². The molecule has 0 spiro atoms. The Morgan fingerprint density at radius 1 is 0.774 bits per heavy atom. The molecule has 0 radical (unpaired) electrons. The maximum Gasteiger partial charge on any atom is 0.253 e. The number of carbonyl (C=O) groups excluding carboxylic acids is 1. The normalized spacial score (nSPS) is 17.0. The van der Waals surface area contributed by atoms with Gasteiger partial charge in [0.25, 0.3) is 5.91 Å². The number of aliphatic hydroxyl groups is 1. The number of hydrogen-bond donors (Lipinski definition) is 2. The first-order chi connectivity index (χ1) is 26.1. The number of benzene rings is 5. The van der Waals surface area contributed by atoms with E-state index in [1.807, 2.05) is 97.1 Å². The van der Waals surface area contributed by atoms with Crippen molar-refractivity contribution in [1.82, 2.24) is 5.32 Å². The molecule has 2 N–H and O–H groups in total. The van der Waals surface area contributed by atoms with Crippen LogP contribution in [0, 0.1) is 0 Å². The minimum Gasteiger partial charge on any atom is -0.494 e. The summed E-state index contributed by atoms with van der Waals surface area (Å²) in [6.07, 6.45) is -0.357. The molecule has 0 bridgehead atoms. The van der Waals surface area contributed by atoms with Gasteiger partial charge in [-0.15, -0.1) is 0 Å². The van der Waals surface area contributed by atoms with Gasteiger partial charge in [0.1, 0.15) is 5.75 Å². The molecule has 53 heavy (non-hydrogen) atoms. The molecule has 12 heteroatoms. The zero-order valence-electron chi connectivity index (χ0n) is 28.7. The van der Waals surface area contributed by atoms with E-state index < -0.39 is 17.7 Å². The van der Waals surface area contributed by atoms with E-state index in [1.54, 1.807) is 12.1 Å². The molecule has 12 nitrogen and oxygen atoms in total. The van der Waals surface area contributed by atoms with Crippen molar-refractivity contribution in [2.24, 2.45) is 15.2 Å². The summed E-state index contributed by atoms with van der Waals surface area (Å²) >= 11 is 0. The molecule has 0 saturated heterocycles. The van der Waals surface area contributed by atoms with Gasteiger partial charge in [-0.2, -0.15) is 0 Å². The molecule has 5 aromatic carbocycles. The minimum absolute atomic E-state index is 0.0272. The predicted octanol–water partition coefficient (Wildman–Crippen LogP) is 8.45. The van der Waals surface area contributed by atoms with Gasteiger partial charge in [-0.1, -0.05) is 107 Å². The highest BCUT2D eigenvalue weighted by molar-refractivity contribution is 6.01. The third-order valence-corrected chi connectivity index (χ3v) is 9.66. The summed E-state index contributed by atoms with van der Waals surface area (Å²) in [4.78, 5) is 26.7. The van der Waals surface area contributed by atoms with Gasteiger partial charge in [0, 0.05) is 34.8 Å². The number of rotatable bonds is 14. The number of nitrogens with one attached hydrogen (secondary N) is 1. The fraction of sp³-hybridized carbons (Fsp3) is 0.220. The molecular weight excluding hydrogens is 669 g/mol. The highest BCUT2D eigenvalue weighted by Gasteiger charge is 2.54. The van der Waals surface area contributed by atoms with E-state index in [2.05, 4.69) is 37.5 Å². The second-order valence-electron chi connectivity index (χ2n) is 12.8. The maximum atomic E-state index is 15.5. The summed E-state index contributed by atoms with van der Waals surface area (Å²) < 4.78 is 12.6. The average Bonchev–Trinajstić information content (AvgIpc) is 3.74. The summed E-state index contributed by atoms with van der Waals surface area (Å²) in [5.41, 5.74) is 24.4. The molecule has 2 atom stereocenters. The number of carbonyl (C=O) groups is 1. The minimum atomic E-state index is -1.59. The Kier molecular flexibility index (Phi) is 10.4. The van der Waals surface area contributed by atoms with Gasteiger partial charge < -0.3 is 19.9 Å². The molecular formula is C41H36N8O4. The van der Waals surface area contributed by atoms with Gasteiger partial charge in [-0.25, -0.2) is 4.99 Å². The lowest BCUT2D eigenvalue weighted by Crippen LogP contribution is -2.51. The second-order valence-corrected chi connectivity index (χ2v) is 12.8. The van der Waals surface area contributed by atoms with Crippen LogP contribution in [-0.4, -0.2) is 35.7 Å². The molecule has 1 aliphatic heterocycles. The monoisotopic (exact) mass is 704 g/mol. The first kappa shape index (κ1) is 34.9. The van der Waals surface area contributed by atoms with Crippen molar-refractivity contribution in [3.8, 4) is 16.9 Å². The molecule has 2 aliphatic rings. The number of nitrogens with zero attached hydrogens (tertiary/aromatic N) is 7. The number of hydrogen-bond acceptors (Lipinski definition) is 7. The van der Waals surface area contributed by atoms with E-state index in [0.29, 0.717) is 35.5 Å². The van der Waals surface area contributed by atoms with E-state index in [4.69, 9.17) is 14.5 Å². The Balaban J connectivity index is 1.39. The van der Waals surface area contributed by atoms with Crippen molar-refractivity contribution in [3.05, 3.63) is 181 Å². The van der Waals surface area contributed by atoms with Crippen LogP contribution in [0.15, 0.2) is 137 Å². The van der Waals surface area contributed by atoms with Crippen LogP contribution in [0.4, 0.5) is 0 Å². The predicted molar refractivity (Wildman–Crippen MR) is 201 cm³/mol. The van der Waals surface area contributed by atoms with E-state index in [0.717, 1.165) is 33.4 Å². The lowest BCUT2D eigenvalue weighted by molar-refractivity contribution is -0.129. The van der Waals surface area contributed by atoms with Crippen molar-refractivity contribution < 1.29 is 19.4 Å². The van der Waals surface area contributed by atoms with Gasteiger partial charge in [-0.3, -0.25) is 4.79 Å². The van der Waals surface area contributed by atoms with Gasteiger partial charge in [-0.05, 0) is 79.8 Å². The number of aliphatic hydroxyl groups excluding tert-OH is 1. The average molecular weight is 705 g/mol. The van der Waals surface area contributed by atoms with Crippen molar-refractivity contribution in [3.63, 3.8) is 0 Å². The number of ether oxygens (including phenoxy) is 2. The van der Waals surface area contributed by atoms with Crippen LogP contribution in [0.3, 0.4) is 0 Å². The Morgan fingerprint density at radius 3 is 1.98 bits per heavy atom. The molecule has 1 heterocycles. The summed E-state index contributed by atoms with van der Waals surface area (Å²) in [6, 6.07) is 37.8. The van der Waals surface area contributed by atoms with Crippen molar-refractivity contribution in [1.29, 1.82) is 0 Å². The van der Waals surface area contributed by atoms with E-state index in [-0.39, 0.29) is 37.9 Å². The molecule has 1 aliphatic carbocycles. The summed E-state index contributed by atoms with van der Waals surface area (Å²) in [5.74, 6) is 0.507. The van der Waals surface area contributed by atoms with E-state index >= 15 is 4.79 Å². The van der Waals surface area contributed by atoms with Crippen LogP contribution in [0.1, 0.15) is 57.5 Å². The lowest BCUT2D eigenvalue weighted by Gasteiger charge is -2.33. The third kappa shape index (κ3) is 7.02. The Hall–Kier alpha value is -6.58. The van der Waals surface area contributed by atoms with E-state index in [1.165, 1.54) is 0 Å². The molecule has 1 amide bonds. The summed E-state index contributed by atoms with van der Waals surface area (Å²) in [6.45, 7) is 0.514. The molecule has 0 unspecified atom stereocenters. The van der Waals surface area contributed by atoms with Gasteiger partial charge in [0.05, 0.1) is 25.7 Å². The first-order valence-corrected chi connectivity index (χ1v) is 17.3. The fourth-order valence-electron chi connectivity index (χ4n) is 7.15. The highest BCUT2D eigenvalue weighted by Crippen LogP contribution is 2.47. The molecule has 0 fully saturated rings.